The monoisotopic (exact) mass is 218 g/mol. The summed E-state index contributed by atoms with van der Waals surface area (Å²) in [5.74, 6) is -2.68. The molecule has 0 aliphatic carbocycles. The Labute approximate surface area is 86.2 Å². The highest BCUT2D eigenvalue weighted by Crippen LogP contribution is 2.34. The molecule has 0 heterocycles. The van der Waals surface area contributed by atoms with Crippen molar-refractivity contribution in [2.75, 3.05) is 20.8 Å². The van der Waals surface area contributed by atoms with Crippen molar-refractivity contribution in [1.29, 1.82) is 0 Å². The van der Waals surface area contributed by atoms with Gasteiger partial charge in [-0.1, -0.05) is 0 Å². The first kappa shape index (κ1) is 11.7. The summed E-state index contributed by atoms with van der Waals surface area (Å²) < 4.78 is 36.0. The number of aliphatic hydroxyl groups excluding tert-OH is 1. The lowest BCUT2D eigenvalue weighted by Crippen LogP contribution is -2.18. The maximum Gasteiger partial charge on any atom is 0.295 e. The van der Waals surface area contributed by atoms with Gasteiger partial charge < -0.3 is 14.6 Å². The topological polar surface area (TPSA) is 38.7 Å². The van der Waals surface area contributed by atoms with E-state index < -0.39 is 12.5 Å². The fourth-order valence-corrected chi connectivity index (χ4v) is 1.16. The molecule has 0 atom stereocenters. The van der Waals surface area contributed by atoms with Crippen LogP contribution in [-0.4, -0.2) is 25.9 Å². The second-order valence-electron chi connectivity index (χ2n) is 2.93. The van der Waals surface area contributed by atoms with Crippen LogP contribution in [0.25, 0.3) is 0 Å². The number of rotatable bonds is 4. The van der Waals surface area contributed by atoms with Crippen molar-refractivity contribution in [2.24, 2.45) is 0 Å². The van der Waals surface area contributed by atoms with E-state index in [1.165, 1.54) is 26.4 Å². The van der Waals surface area contributed by atoms with E-state index >= 15 is 0 Å². The number of benzene rings is 1. The molecule has 84 valence electrons. The average Bonchev–Trinajstić information content (AvgIpc) is 2.28. The lowest BCUT2D eigenvalue weighted by atomic mass is 10.1. The highest BCUT2D eigenvalue weighted by Gasteiger charge is 2.31. The van der Waals surface area contributed by atoms with Crippen LogP contribution < -0.4 is 9.47 Å². The van der Waals surface area contributed by atoms with E-state index in [0.29, 0.717) is 5.75 Å². The van der Waals surface area contributed by atoms with Crippen LogP contribution in [0.3, 0.4) is 0 Å². The van der Waals surface area contributed by atoms with Crippen molar-refractivity contribution < 1.29 is 23.4 Å². The Bertz CT molecular complexity index is 339. The zero-order valence-corrected chi connectivity index (χ0v) is 8.46. The second-order valence-corrected chi connectivity index (χ2v) is 2.93. The largest absolute Gasteiger partial charge is 0.493 e. The number of hydrogen-bond acceptors (Lipinski definition) is 3. The van der Waals surface area contributed by atoms with Gasteiger partial charge in [-0.3, -0.25) is 0 Å². The highest BCUT2D eigenvalue weighted by molar-refractivity contribution is 5.44. The highest BCUT2D eigenvalue weighted by atomic mass is 19.3. The molecule has 0 aliphatic heterocycles. The van der Waals surface area contributed by atoms with E-state index in [1.807, 2.05) is 0 Å². The smallest absolute Gasteiger partial charge is 0.295 e. The standard InChI is InChI=1S/C10H12F2O3/c1-14-8-4-3-7(5-9(8)15-2)10(11,12)6-13/h3-5,13H,6H2,1-2H3. The van der Waals surface area contributed by atoms with Gasteiger partial charge in [0.2, 0.25) is 0 Å². The van der Waals surface area contributed by atoms with Gasteiger partial charge in [-0.15, -0.1) is 0 Å². The van der Waals surface area contributed by atoms with E-state index in [9.17, 15) is 8.78 Å². The van der Waals surface area contributed by atoms with Crippen LogP contribution in [0.15, 0.2) is 18.2 Å². The van der Waals surface area contributed by atoms with Crippen molar-refractivity contribution in [3.63, 3.8) is 0 Å². The van der Waals surface area contributed by atoms with E-state index in [4.69, 9.17) is 14.6 Å². The Morgan fingerprint density at radius 3 is 2.27 bits per heavy atom. The molecule has 0 radical (unpaired) electrons. The minimum absolute atomic E-state index is 0.211. The summed E-state index contributed by atoms with van der Waals surface area (Å²) in [5, 5.41) is 8.52. The molecule has 0 fully saturated rings. The first-order chi connectivity index (χ1) is 7.05. The van der Waals surface area contributed by atoms with Gasteiger partial charge in [-0.05, 0) is 18.2 Å². The van der Waals surface area contributed by atoms with Gasteiger partial charge >= 0.3 is 0 Å². The third-order valence-electron chi connectivity index (χ3n) is 2.00. The van der Waals surface area contributed by atoms with Gasteiger partial charge in [0.05, 0.1) is 14.2 Å². The van der Waals surface area contributed by atoms with Gasteiger partial charge in [-0.25, -0.2) is 0 Å². The Hall–Kier alpha value is -1.36. The summed E-state index contributed by atoms with van der Waals surface area (Å²) in [5.41, 5.74) is -0.303. The summed E-state index contributed by atoms with van der Waals surface area (Å²) in [6.07, 6.45) is 0. The molecule has 0 bridgehead atoms. The lowest BCUT2D eigenvalue weighted by molar-refractivity contribution is -0.0557. The summed E-state index contributed by atoms with van der Waals surface area (Å²) in [4.78, 5) is 0. The quantitative estimate of drug-likeness (QED) is 0.837. The van der Waals surface area contributed by atoms with E-state index in [2.05, 4.69) is 0 Å². The molecule has 1 aromatic rings. The third kappa shape index (κ3) is 2.36. The normalized spacial score (nSPS) is 11.3. The Morgan fingerprint density at radius 1 is 1.20 bits per heavy atom. The third-order valence-corrected chi connectivity index (χ3v) is 2.00. The summed E-state index contributed by atoms with van der Waals surface area (Å²) in [6, 6.07) is 3.71. The van der Waals surface area contributed by atoms with Crippen molar-refractivity contribution >= 4 is 0 Å². The second kappa shape index (κ2) is 4.44. The molecule has 0 saturated heterocycles. The Kier molecular flexibility index (Phi) is 3.47. The zero-order valence-electron chi connectivity index (χ0n) is 8.46. The number of aliphatic hydroxyl groups is 1. The van der Waals surface area contributed by atoms with E-state index in [-0.39, 0.29) is 11.3 Å². The molecular formula is C10H12F2O3. The van der Waals surface area contributed by atoms with Crippen LogP contribution in [0.2, 0.25) is 0 Å². The zero-order chi connectivity index (χ0) is 11.5. The maximum atomic E-state index is 13.1. The molecule has 0 amide bonds. The summed E-state index contributed by atoms with van der Waals surface area (Å²) in [7, 11) is 2.78. The predicted molar refractivity (Wildman–Crippen MR) is 50.5 cm³/mol. The first-order valence-corrected chi connectivity index (χ1v) is 4.26. The molecule has 1 N–H and O–H groups in total. The predicted octanol–water partition coefficient (Wildman–Crippen LogP) is 1.79. The van der Waals surface area contributed by atoms with E-state index in [0.717, 1.165) is 6.07 Å². The lowest BCUT2D eigenvalue weighted by Gasteiger charge is -2.15. The summed E-state index contributed by atoms with van der Waals surface area (Å²) >= 11 is 0. The van der Waals surface area contributed by atoms with Crippen LogP contribution in [0.5, 0.6) is 11.5 Å². The van der Waals surface area contributed by atoms with Crippen LogP contribution >= 0.6 is 0 Å². The fraction of sp³-hybridized carbons (Fsp3) is 0.400. The molecule has 0 unspecified atom stereocenters. The van der Waals surface area contributed by atoms with Crippen molar-refractivity contribution in [1.82, 2.24) is 0 Å². The molecule has 5 heteroatoms. The fourth-order valence-electron chi connectivity index (χ4n) is 1.16. The van der Waals surface area contributed by atoms with Crippen LogP contribution in [-0.2, 0) is 5.92 Å². The van der Waals surface area contributed by atoms with E-state index in [1.54, 1.807) is 0 Å². The Morgan fingerprint density at radius 2 is 1.80 bits per heavy atom. The number of hydrogen-bond donors (Lipinski definition) is 1. The van der Waals surface area contributed by atoms with Gasteiger partial charge in [0.1, 0.15) is 6.61 Å². The molecule has 0 aliphatic rings. The molecular weight excluding hydrogens is 206 g/mol. The number of ether oxygens (including phenoxy) is 2. The molecule has 0 aromatic heterocycles. The molecule has 1 rings (SSSR count). The van der Waals surface area contributed by atoms with Gasteiger partial charge in [0, 0.05) is 5.56 Å². The minimum atomic E-state index is -3.26. The van der Waals surface area contributed by atoms with Crippen LogP contribution in [0.4, 0.5) is 8.78 Å². The molecule has 3 nitrogen and oxygen atoms in total. The molecule has 1 aromatic carbocycles. The molecule has 0 spiro atoms. The number of methoxy groups -OCH3 is 2. The van der Waals surface area contributed by atoms with Crippen LogP contribution in [0, 0.1) is 0 Å². The molecule has 15 heavy (non-hydrogen) atoms. The van der Waals surface area contributed by atoms with Crippen LogP contribution in [0.1, 0.15) is 5.56 Å². The van der Waals surface area contributed by atoms with Gasteiger partial charge in [-0.2, -0.15) is 8.78 Å². The Balaban J connectivity index is 3.13. The minimum Gasteiger partial charge on any atom is -0.493 e. The first-order valence-electron chi connectivity index (χ1n) is 4.26. The SMILES string of the molecule is COc1ccc(C(F)(F)CO)cc1OC. The maximum absolute atomic E-state index is 13.1. The number of alkyl halides is 2. The summed E-state index contributed by atoms with van der Waals surface area (Å²) in [6.45, 7) is -1.23. The van der Waals surface area contributed by atoms with Gasteiger partial charge in [0.15, 0.2) is 11.5 Å². The van der Waals surface area contributed by atoms with Crippen molar-refractivity contribution in [3.05, 3.63) is 23.8 Å². The molecule has 0 saturated carbocycles. The van der Waals surface area contributed by atoms with Gasteiger partial charge in [0.25, 0.3) is 5.92 Å². The number of halogens is 2. The van der Waals surface area contributed by atoms with Crippen molar-refractivity contribution in [2.45, 2.75) is 5.92 Å². The average molecular weight is 218 g/mol. The van der Waals surface area contributed by atoms with Crippen molar-refractivity contribution in [3.8, 4) is 11.5 Å².